The minimum atomic E-state index is 0.0211. The Morgan fingerprint density at radius 2 is 2.17 bits per heavy atom. The lowest BCUT2D eigenvalue weighted by Crippen LogP contribution is -2.37. The van der Waals surface area contributed by atoms with Crippen molar-refractivity contribution in [1.82, 2.24) is 5.32 Å². The van der Waals surface area contributed by atoms with Crippen LogP contribution in [0.1, 0.15) is 19.8 Å². The molecule has 4 heteroatoms. The average molecular weight is 264 g/mol. The normalized spacial score (nSPS) is 22.9. The fourth-order valence-corrected chi connectivity index (χ4v) is 3.42. The van der Waals surface area contributed by atoms with Crippen LogP contribution in [0.4, 0.5) is 5.69 Å². The number of rotatable bonds is 5. The molecule has 3 nitrogen and oxygen atoms in total. The lowest BCUT2D eigenvalue weighted by Gasteiger charge is -2.22. The highest BCUT2D eigenvalue weighted by molar-refractivity contribution is 8.00. The van der Waals surface area contributed by atoms with Gasteiger partial charge in [0.2, 0.25) is 5.91 Å². The summed E-state index contributed by atoms with van der Waals surface area (Å²) in [5.74, 6) is 1.27. The molecule has 0 radical (unpaired) electrons. The number of thioether (sulfide) groups is 1. The molecule has 1 aliphatic rings. The van der Waals surface area contributed by atoms with Crippen LogP contribution in [0.2, 0.25) is 0 Å². The second kappa shape index (κ2) is 6.25. The lowest BCUT2D eigenvalue weighted by molar-refractivity contribution is -0.115. The molecule has 0 aliphatic carbocycles. The van der Waals surface area contributed by atoms with Crippen molar-refractivity contribution < 1.29 is 4.79 Å². The Kier molecular flexibility index (Phi) is 4.66. The predicted octanol–water partition coefficient (Wildman–Crippen LogP) is 2.50. The Bertz CT molecular complexity index is 388. The van der Waals surface area contributed by atoms with Gasteiger partial charge >= 0.3 is 0 Å². The average Bonchev–Trinajstić information content (AvgIpc) is 2.77. The summed E-state index contributed by atoms with van der Waals surface area (Å²) in [5, 5.41) is 6.13. The molecule has 1 aliphatic heterocycles. The van der Waals surface area contributed by atoms with Gasteiger partial charge in [-0.1, -0.05) is 18.2 Å². The van der Waals surface area contributed by atoms with Crippen molar-refractivity contribution in [1.29, 1.82) is 0 Å². The minimum Gasteiger partial charge on any atom is -0.325 e. The van der Waals surface area contributed by atoms with E-state index in [9.17, 15) is 4.79 Å². The maximum atomic E-state index is 11.7. The fraction of sp³-hybridized carbons (Fsp3) is 0.500. The zero-order chi connectivity index (χ0) is 12.8. The highest BCUT2D eigenvalue weighted by atomic mass is 32.2. The Morgan fingerprint density at radius 3 is 2.83 bits per heavy atom. The van der Waals surface area contributed by atoms with Crippen LogP contribution in [0.5, 0.6) is 0 Å². The van der Waals surface area contributed by atoms with Gasteiger partial charge < -0.3 is 10.6 Å². The van der Waals surface area contributed by atoms with Crippen molar-refractivity contribution in [3.8, 4) is 0 Å². The first kappa shape index (κ1) is 13.4. The largest absolute Gasteiger partial charge is 0.325 e. The van der Waals surface area contributed by atoms with E-state index in [0.29, 0.717) is 11.3 Å². The first-order valence-corrected chi connectivity index (χ1v) is 7.36. The molecule has 2 N–H and O–H groups in total. The third kappa shape index (κ3) is 4.03. The third-order valence-corrected chi connectivity index (χ3v) is 4.68. The summed E-state index contributed by atoms with van der Waals surface area (Å²) in [6, 6.07) is 9.56. The summed E-state index contributed by atoms with van der Waals surface area (Å²) in [4.78, 5) is 11.7. The molecule has 1 fully saturated rings. The zero-order valence-electron chi connectivity index (χ0n) is 10.7. The summed E-state index contributed by atoms with van der Waals surface area (Å²) in [6.45, 7) is 3.55. The molecule has 1 amide bonds. The van der Waals surface area contributed by atoms with Crippen LogP contribution < -0.4 is 10.6 Å². The summed E-state index contributed by atoms with van der Waals surface area (Å²) in [7, 11) is 0. The van der Waals surface area contributed by atoms with Gasteiger partial charge in [0.25, 0.3) is 0 Å². The Morgan fingerprint density at radius 1 is 1.39 bits per heavy atom. The van der Waals surface area contributed by atoms with E-state index in [0.717, 1.165) is 12.2 Å². The summed E-state index contributed by atoms with van der Waals surface area (Å²) < 4.78 is 0.313. The maximum absolute atomic E-state index is 11.7. The Labute approximate surface area is 113 Å². The molecule has 18 heavy (non-hydrogen) atoms. The van der Waals surface area contributed by atoms with E-state index in [-0.39, 0.29) is 5.91 Å². The fourth-order valence-electron chi connectivity index (χ4n) is 2.14. The summed E-state index contributed by atoms with van der Waals surface area (Å²) in [6.07, 6.45) is 2.53. The molecule has 1 heterocycles. The number of carbonyl (C=O) groups excluding carboxylic acids is 1. The van der Waals surface area contributed by atoms with Gasteiger partial charge in [-0.25, -0.2) is 0 Å². The van der Waals surface area contributed by atoms with Gasteiger partial charge in [-0.15, -0.1) is 0 Å². The van der Waals surface area contributed by atoms with Gasteiger partial charge in [-0.05, 0) is 37.7 Å². The Balaban J connectivity index is 1.69. The second-order valence-corrected chi connectivity index (χ2v) is 6.60. The first-order valence-electron chi connectivity index (χ1n) is 6.38. The van der Waals surface area contributed by atoms with Crippen molar-refractivity contribution in [2.45, 2.75) is 24.5 Å². The van der Waals surface area contributed by atoms with E-state index in [4.69, 9.17) is 0 Å². The molecule has 1 atom stereocenters. The highest BCUT2D eigenvalue weighted by Crippen LogP contribution is 2.36. The molecule has 1 aromatic rings. The second-order valence-electron chi connectivity index (χ2n) is 4.92. The van der Waals surface area contributed by atoms with Crippen LogP contribution in [0, 0.1) is 0 Å². The molecule has 0 aromatic heterocycles. The number of nitrogens with one attached hydrogen (secondary N) is 2. The number of carbonyl (C=O) groups is 1. The van der Waals surface area contributed by atoms with Crippen LogP contribution in [0.25, 0.3) is 0 Å². The number of hydrogen-bond acceptors (Lipinski definition) is 3. The van der Waals surface area contributed by atoms with E-state index in [1.54, 1.807) is 0 Å². The molecule has 1 aromatic carbocycles. The predicted molar refractivity (Wildman–Crippen MR) is 78.0 cm³/mol. The van der Waals surface area contributed by atoms with Crippen molar-refractivity contribution in [3.63, 3.8) is 0 Å². The van der Waals surface area contributed by atoms with Crippen LogP contribution in [-0.2, 0) is 4.79 Å². The van der Waals surface area contributed by atoms with E-state index < -0.39 is 0 Å². The monoisotopic (exact) mass is 264 g/mol. The van der Waals surface area contributed by atoms with Gasteiger partial charge in [0.15, 0.2) is 0 Å². The molecule has 0 spiro atoms. The zero-order valence-corrected chi connectivity index (χ0v) is 11.6. The molecule has 2 rings (SSSR count). The van der Waals surface area contributed by atoms with E-state index in [1.807, 2.05) is 42.1 Å². The van der Waals surface area contributed by atoms with Crippen molar-refractivity contribution in [2.24, 2.45) is 0 Å². The van der Waals surface area contributed by atoms with Crippen molar-refractivity contribution in [2.75, 3.05) is 24.2 Å². The van der Waals surface area contributed by atoms with Gasteiger partial charge in [-0.3, -0.25) is 4.79 Å². The third-order valence-electron chi connectivity index (χ3n) is 3.14. The lowest BCUT2D eigenvalue weighted by atomic mass is 10.1. The van der Waals surface area contributed by atoms with Gasteiger partial charge in [0, 0.05) is 17.0 Å². The molecule has 1 unspecified atom stereocenters. The number of para-hydroxylation sites is 1. The van der Waals surface area contributed by atoms with E-state index in [1.165, 1.54) is 18.6 Å². The van der Waals surface area contributed by atoms with E-state index in [2.05, 4.69) is 17.6 Å². The minimum absolute atomic E-state index is 0.0211. The highest BCUT2D eigenvalue weighted by Gasteiger charge is 2.28. The molecule has 0 bridgehead atoms. The topological polar surface area (TPSA) is 41.1 Å². The van der Waals surface area contributed by atoms with Crippen LogP contribution in [0.3, 0.4) is 0 Å². The quantitative estimate of drug-likeness (QED) is 0.858. The van der Waals surface area contributed by atoms with Crippen molar-refractivity contribution >= 4 is 23.4 Å². The van der Waals surface area contributed by atoms with Gasteiger partial charge in [-0.2, -0.15) is 11.8 Å². The molecule has 1 saturated heterocycles. The Hall–Kier alpha value is -1.00. The van der Waals surface area contributed by atoms with E-state index >= 15 is 0 Å². The van der Waals surface area contributed by atoms with Crippen molar-refractivity contribution in [3.05, 3.63) is 30.3 Å². The number of hydrogen-bond donors (Lipinski definition) is 2. The molecular formula is C14H20N2OS. The first-order chi connectivity index (χ1) is 8.68. The van der Waals surface area contributed by atoms with Gasteiger partial charge in [0.1, 0.15) is 0 Å². The van der Waals surface area contributed by atoms with Crippen LogP contribution in [0.15, 0.2) is 30.3 Å². The number of amides is 1. The molecular weight excluding hydrogens is 244 g/mol. The number of benzene rings is 1. The SMILES string of the molecule is CC1(CNCC(=O)Nc2ccccc2)CCCS1. The number of anilines is 1. The summed E-state index contributed by atoms with van der Waals surface area (Å²) in [5.41, 5.74) is 0.853. The standard InChI is InChI=1S/C14H20N2OS/c1-14(8-5-9-18-14)11-15-10-13(17)16-12-6-3-2-4-7-12/h2-4,6-7,15H,5,8-11H2,1H3,(H,16,17). The summed E-state index contributed by atoms with van der Waals surface area (Å²) >= 11 is 2.01. The maximum Gasteiger partial charge on any atom is 0.238 e. The smallest absolute Gasteiger partial charge is 0.238 e. The molecule has 98 valence electrons. The van der Waals surface area contributed by atoms with Crippen LogP contribution >= 0.6 is 11.8 Å². The van der Waals surface area contributed by atoms with Crippen LogP contribution in [-0.4, -0.2) is 29.5 Å². The van der Waals surface area contributed by atoms with Gasteiger partial charge in [0.05, 0.1) is 6.54 Å². The molecule has 0 saturated carbocycles.